The van der Waals surface area contributed by atoms with E-state index in [2.05, 4.69) is 15.3 Å². The Kier molecular flexibility index (Phi) is 5.36. The van der Waals surface area contributed by atoms with E-state index < -0.39 is 0 Å². The lowest BCUT2D eigenvalue weighted by molar-refractivity contribution is 0.0787. The van der Waals surface area contributed by atoms with E-state index in [1.54, 1.807) is 6.07 Å². The van der Waals surface area contributed by atoms with Crippen LogP contribution in [0.2, 0.25) is 5.15 Å². The second-order valence-corrected chi connectivity index (χ2v) is 3.81. The monoisotopic (exact) mass is 229 g/mol. The van der Waals surface area contributed by atoms with E-state index in [9.17, 15) is 0 Å². The molecule has 84 valence electrons. The van der Waals surface area contributed by atoms with E-state index in [0.29, 0.717) is 11.3 Å². The summed E-state index contributed by atoms with van der Waals surface area (Å²) < 4.78 is 5.40. The van der Waals surface area contributed by atoms with Gasteiger partial charge in [0.25, 0.3) is 0 Å². The van der Waals surface area contributed by atoms with E-state index in [4.69, 9.17) is 16.3 Å². The standard InChI is InChI=1S/C10H16ClN3O/c1-8(2)15-5-3-4-12-10-6-9(11)13-7-14-10/h6-8H,3-5H2,1-2H3,(H,12,13,14). The van der Waals surface area contributed by atoms with Gasteiger partial charge in [-0.3, -0.25) is 0 Å². The molecule has 0 amide bonds. The van der Waals surface area contributed by atoms with Gasteiger partial charge in [-0.2, -0.15) is 0 Å². The second-order valence-electron chi connectivity index (χ2n) is 3.43. The van der Waals surface area contributed by atoms with Gasteiger partial charge in [0.05, 0.1) is 6.10 Å². The smallest absolute Gasteiger partial charge is 0.134 e. The average Bonchev–Trinajstić information content (AvgIpc) is 2.17. The van der Waals surface area contributed by atoms with E-state index >= 15 is 0 Å². The molecule has 1 rings (SSSR count). The lowest BCUT2D eigenvalue weighted by Gasteiger charge is -2.08. The molecule has 1 aromatic heterocycles. The topological polar surface area (TPSA) is 47.0 Å². The molecule has 0 bridgehead atoms. The molecular weight excluding hydrogens is 214 g/mol. The van der Waals surface area contributed by atoms with Crippen molar-refractivity contribution in [2.75, 3.05) is 18.5 Å². The highest BCUT2D eigenvalue weighted by Gasteiger charge is 1.96. The predicted octanol–water partition coefficient (Wildman–Crippen LogP) is 2.36. The molecular formula is C10H16ClN3O. The molecule has 0 aliphatic heterocycles. The second kappa shape index (κ2) is 6.58. The fraction of sp³-hybridized carbons (Fsp3) is 0.600. The Bertz CT molecular complexity index is 294. The highest BCUT2D eigenvalue weighted by Crippen LogP contribution is 2.08. The van der Waals surface area contributed by atoms with Crippen molar-refractivity contribution >= 4 is 17.4 Å². The van der Waals surface area contributed by atoms with Crippen LogP contribution < -0.4 is 5.32 Å². The molecule has 0 saturated carbocycles. The molecule has 0 saturated heterocycles. The molecule has 0 unspecified atom stereocenters. The number of nitrogens with one attached hydrogen (secondary N) is 1. The van der Waals surface area contributed by atoms with Crippen molar-refractivity contribution in [2.45, 2.75) is 26.4 Å². The summed E-state index contributed by atoms with van der Waals surface area (Å²) in [5, 5.41) is 3.59. The van der Waals surface area contributed by atoms with Crippen molar-refractivity contribution < 1.29 is 4.74 Å². The van der Waals surface area contributed by atoms with Gasteiger partial charge in [0, 0.05) is 19.2 Å². The van der Waals surface area contributed by atoms with Crippen LogP contribution in [0.3, 0.4) is 0 Å². The van der Waals surface area contributed by atoms with Gasteiger partial charge in [0.1, 0.15) is 17.3 Å². The van der Waals surface area contributed by atoms with Crippen LogP contribution in [0.25, 0.3) is 0 Å². The first-order valence-corrected chi connectivity index (χ1v) is 5.39. The molecule has 1 N–H and O–H groups in total. The number of hydrogen-bond acceptors (Lipinski definition) is 4. The Balaban J connectivity index is 2.15. The zero-order valence-corrected chi connectivity index (χ0v) is 9.79. The summed E-state index contributed by atoms with van der Waals surface area (Å²) in [6.45, 7) is 5.62. The number of halogens is 1. The van der Waals surface area contributed by atoms with Gasteiger partial charge in [-0.15, -0.1) is 0 Å². The van der Waals surface area contributed by atoms with E-state index in [-0.39, 0.29) is 0 Å². The third kappa shape index (κ3) is 5.54. The van der Waals surface area contributed by atoms with Crippen LogP contribution in [0.15, 0.2) is 12.4 Å². The zero-order chi connectivity index (χ0) is 11.1. The van der Waals surface area contributed by atoms with Crippen LogP contribution in [0, 0.1) is 0 Å². The van der Waals surface area contributed by atoms with Crippen LogP contribution in [0.4, 0.5) is 5.82 Å². The van der Waals surface area contributed by atoms with Crippen molar-refractivity contribution in [1.82, 2.24) is 9.97 Å². The molecule has 0 aromatic carbocycles. The molecule has 15 heavy (non-hydrogen) atoms. The van der Waals surface area contributed by atoms with Crippen molar-refractivity contribution in [1.29, 1.82) is 0 Å². The van der Waals surface area contributed by atoms with Gasteiger partial charge in [-0.25, -0.2) is 9.97 Å². The van der Waals surface area contributed by atoms with Crippen molar-refractivity contribution in [3.8, 4) is 0 Å². The Morgan fingerprint density at radius 3 is 2.93 bits per heavy atom. The largest absolute Gasteiger partial charge is 0.379 e. The summed E-state index contributed by atoms with van der Waals surface area (Å²) in [6.07, 6.45) is 2.67. The minimum Gasteiger partial charge on any atom is -0.379 e. The number of rotatable bonds is 6. The van der Waals surface area contributed by atoms with Crippen molar-refractivity contribution in [3.63, 3.8) is 0 Å². The Hall–Kier alpha value is -0.870. The van der Waals surface area contributed by atoms with E-state index in [1.165, 1.54) is 6.33 Å². The van der Waals surface area contributed by atoms with Crippen molar-refractivity contribution in [3.05, 3.63) is 17.5 Å². The van der Waals surface area contributed by atoms with Gasteiger partial charge in [0.2, 0.25) is 0 Å². The Morgan fingerprint density at radius 1 is 1.47 bits per heavy atom. The number of anilines is 1. The molecule has 0 fully saturated rings. The van der Waals surface area contributed by atoms with Gasteiger partial charge in [0.15, 0.2) is 0 Å². The molecule has 5 heteroatoms. The first-order valence-electron chi connectivity index (χ1n) is 5.01. The quantitative estimate of drug-likeness (QED) is 0.601. The number of aromatic nitrogens is 2. The molecule has 0 aliphatic rings. The summed E-state index contributed by atoms with van der Waals surface area (Å²) >= 11 is 5.71. The Labute approximate surface area is 95.0 Å². The summed E-state index contributed by atoms with van der Waals surface area (Å²) in [7, 11) is 0. The minimum absolute atomic E-state index is 0.290. The molecule has 1 aromatic rings. The lowest BCUT2D eigenvalue weighted by atomic mass is 10.4. The van der Waals surface area contributed by atoms with Crippen LogP contribution in [0.5, 0.6) is 0 Å². The summed E-state index contributed by atoms with van der Waals surface area (Å²) in [5.41, 5.74) is 0. The third-order valence-corrected chi connectivity index (χ3v) is 1.92. The van der Waals surface area contributed by atoms with E-state index in [0.717, 1.165) is 25.4 Å². The summed E-state index contributed by atoms with van der Waals surface area (Å²) in [4.78, 5) is 7.82. The lowest BCUT2D eigenvalue weighted by Crippen LogP contribution is -2.09. The highest BCUT2D eigenvalue weighted by molar-refractivity contribution is 6.29. The normalized spacial score (nSPS) is 10.7. The van der Waals surface area contributed by atoms with Crippen LogP contribution in [-0.2, 0) is 4.74 Å². The average molecular weight is 230 g/mol. The maximum Gasteiger partial charge on any atom is 0.134 e. The van der Waals surface area contributed by atoms with Crippen LogP contribution in [-0.4, -0.2) is 29.2 Å². The van der Waals surface area contributed by atoms with Gasteiger partial charge < -0.3 is 10.1 Å². The fourth-order valence-corrected chi connectivity index (χ4v) is 1.18. The summed E-state index contributed by atoms with van der Waals surface area (Å²) in [6, 6.07) is 1.70. The molecule has 0 aliphatic carbocycles. The maximum absolute atomic E-state index is 5.71. The fourth-order valence-electron chi connectivity index (χ4n) is 1.04. The predicted molar refractivity (Wildman–Crippen MR) is 61.2 cm³/mol. The van der Waals surface area contributed by atoms with Crippen molar-refractivity contribution in [2.24, 2.45) is 0 Å². The summed E-state index contributed by atoms with van der Waals surface area (Å²) in [5.74, 6) is 0.750. The first kappa shape index (κ1) is 12.2. The van der Waals surface area contributed by atoms with E-state index in [1.807, 2.05) is 13.8 Å². The van der Waals surface area contributed by atoms with Crippen LogP contribution in [0.1, 0.15) is 20.3 Å². The molecule has 0 atom stereocenters. The maximum atomic E-state index is 5.71. The van der Waals surface area contributed by atoms with Gasteiger partial charge in [-0.1, -0.05) is 11.6 Å². The van der Waals surface area contributed by atoms with Crippen LogP contribution >= 0.6 is 11.6 Å². The molecule has 1 heterocycles. The highest BCUT2D eigenvalue weighted by atomic mass is 35.5. The number of ether oxygens (including phenoxy) is 1. The Morgan fingerprint density at radius 2 is 2.27 bits per heavy atom. The number of nitrogens with zero attached hydrogens (tertiary/aromatic N) is 2. The van der Waals surface area contributed by atoms with Gasteiger partial charge >= 0.3 is 0 Å². The van der Waals surface area contributed by atoms with Gasteiger partial charge in [-0.05, 0) is 20.3 Å². The zero-order valence-electron chi connectivity index (χ0n) is 9.03. The molecule has 0 radical (unpaired) electrons. The number of hydrogen-bond donors (Lipinski definition) is 1. The first-order chi connectivity index (χ1) is 7.18. The SMILES string of the molecule is CC(C)OCCCNc1cc(Cl)ncn1. The minimum atomic E-state index is 0.290. The molecule has 0 spiro atoms. The molecule has 4 nitrogen and oxygen atoms in total. The third-order valence-electron chi connectivity index (χ3n) is 1.71.